The number of halogens is 1. The molecule has 0 saturated carbocycles. The van der Waals surface area contributed by atoms with Crippen LogP contribution in [0.15, 0.2) is 64.5 Å². The van der Waals surface area contributed by atoms with Gasteiger partial charge in [-0.2, -0.15) is 5.10 Å². The molecule has 0 aliphatic rings. The van der Waals surface area contributed by atoms with Gasteiger partial charge in [-0.05, 0) is 52.0 Å². The zero-order valence-corrected chi connectivity index (χ0v) is 17.9. The average Bonchev–Trinajstić information content (AvgIpc) is 3.03. The smallest absolute Gasteiger partial charge is 0.428 e. The van der Waals surface area contributed by atoms with E-state index >= 15 is 0 Å². The second-order valence-corrected chi connectivity index (χ2v) is 8.09. The maximum absolute atomic E-state index is 13.2. The lowest BCUT2D eigenvalue weighted by molar-refractivity contribution is 0.0529. The molecule has 1 heterocycles. The number of hydrogen-bond donors (Lipinski definition) is 2. The molecule has 0 unspecified atom stereocenters. The lowest BCUT2D eigenvalue weighted by atomic mass is 10.1. The molecule has 2 N–H and O–H groups in total. The minimum Gasteiger partial charge on any atom is -0.443 e. The Labute approximate surface area is 179 Å². The van der Waals surface area contributed by atoms with Crippen molar-refractivity contribution < 1.29 is 9.53 Å². The number of nitrogens with one attached hydrogen (secondary N) is 2. The number of carbonyl (C=O) groups excluding carboxylic acids is 1. The summed E-state index contributed by atoms with van der Waals surface area (Å²) in [6, 6.07) is 16.3. The molecular weight excluding hydrogens is 404 g/mol. The highest BCUT2D eigenvalue weighted by atomic mass is 35.5. The number of amides is 1. The highest BCUT2D eigenvalue weighted by molar-refractivity contribution is 6.30. The number of benzene rings is 2. The van der Waals surface area contributed by atoms with Crippen LogP contribution in [0, 0.1) is 0 Å². The standard InChI is InChI=1S/C22H23ClN4O3/c1-14(24-25-21(29)30-22(2,3)4)18-19(15-8-6-5-7-9-15)26-27(20(18)28)17-12-10-16(23)11-13-17/h5-13,26H,1-4H3,(H,25,29)/b24-14+. The molecule has 1 aromatic heterocycles. The number of carbonyl (C=O) groups is 1. The SMILES string of the molecule is C/C(=N\NC(=O)OC(C)(C)C)c1c(-c2ccccc2)[nH]n(-c2ccc(Cl)cc2)c1=O. The van der Waals surface area contributed by atoms with E-state index in [1.807, 2.05) is 30.3 Å². The van der Waals surface area contributed by atoms with E-state index in [2.05, 4.69) is 15.6 Å². The Morgan fingerprint density at radius 3 is 2.33 bits per heavy atom. The number of hydrogen-bond acceptors (Lipinski definition) is 4. The van der Waals surface area contributed by atoms with Crippen LogP contribution in [0.3, 0.4) is 0 Å². The molecule has 3 aromatic rings. The van der Waals surface area contributed by atoms with E-state index < -0.39 is 11.7 Å². The summed E-state index contributed by atoms with van der Waals surface area (Å²) in [6.07, 6.45) is -0.698. The van der Waals surface area contributed by atoms with Gasteiger partial charge >= 0.3 is 6.09 Å². The Morgan fingerprint density at radius 1 is 1.10 bits per heavy atom. The molecule has 7 nitrogen and oxygen atoms in total. The second kappa shape index (κ2) is 8.59. The third kappa shape index (κ3) is 4.99. The first kappa shape index (κ1) is 21.4. The molecule has 0 atom stereocenters. The number of aromatic amines is 1. The predicted octanol–water partition coefficient (Wildman–Crippen LogP) is 4.73. The first-order chi connectivity index (χ1) is 14.2. The lowest BCUT2D eigenvalue weighted by Gasteiger charge is -2.18. The largest absolute Gasteiger partial charge is 0.443 e. The molecule has 0 fully saturated rings. The van der Waals surface area contributed by atoms with E-state index in [1.54, 1.807) is 52.0 Å². The summed E-state index contributed by atoms with van der Waals surface area (Å²) in [4.78, 5) is 25.2. The molecule has 0 bridgehead atoms. The van der Waals surface area contributed by atoms with Gasteiger partial charge in [0.2, 0.25) is 0 Å². The third-order valence-electron chi connectivity index (χ3n) is 4.11. The number of hydrazone groups is 1. The fourth-order valence-corrected chi connectivity index (χ4v) is 2.97. The summed E-state index contributed by atoms with van der Waals surface area (Å²) >= 11 is 5.97. The zero-order chi connectivity index (χ0) is 21.9. The van der Waals surface area contributed by atoms with Gasteiger partial charge in [-0.25, -0.2) is 14.9 Å². The van der Waals surface area contributed by atoms with Crippen LogP contribution in [-0.2, 0) is 4.74 Å². The van der Waals surface area contributed by atoms with Crippen molar-refractivity contribution in [3.8, 4) is 16.9 Å². The van der Waals surface area contributed by atoms with Crippen molar-refractivity contribution in [3.63, 3.8) is 0 Å². The van der Waals surface area contributed by atoms with Gasteiger partial charge in [0.1, 0.15) is 5.60 Å². The maximum atomic E-state index is 13.2. The van der Waals surface area contributed by atoms with Gasteiger partial charge in [-0.3, -0.25) is 9.89 Å². The van der Waals surface area contributed by atoms with Crippen LogP contribution in [0.2, 0.25) is 5.02 Å². The summed E-state index contributed by atoms with van der Waals surface area (Å²) in [6.45, 7) is 6.93. The van der Waals surface area contributed by atoms with Gasteiger partial charge in [0.05, 0.1) is 22.7 Å². The molecular formula is C22H23ClN4O3. The molecule has 156 valence electrons. The second-order valence-electron chi connectivity index (χ2n) is 7.66. The van der Waals surface area contributed by atoms with Gasteiger partial charge in [0, 0.05) is 10.6 Å². The quantitative estimate of drug-likeness (QED) is 0.466. The molecule has 3 rings (SSSR count). The van der Waals surface area contributed by atoms with Crippen LogP contribution in [0.5, 0.6) is 0 Å². The highest BCUT2D eigenvalue weighted by Gasteiger charge is 2.20. The zero-order valence-electron chi connectivity index (χ0n) is 17.2. The predicted molar refractivity (Wildman–Crippen MR) is 118 cm³/mol. The van der Waals surface area contributed by atoms with Crippen LogP contribution < -0.4 is 11.0 Å². The third-order valence-corrected chi connectivity index (χ3v) is 4.37. The highest BCUT2D eigenvalue weighted by Crippen LogP contribution is 2.22. The van der Waals surface area contributed by atoms with E-state index in [0.29, 0.717) is 27.7 Å². The summed E-state index contributed by atoms with van der Waals surface area (Å²) < 4.78 is 6.61. The summed E-state index contributed by atoms with van der Waals surface area (Å²) in [5.41, 5.74) is 4.09. The van der Waals surface area contributed by atoms with Gasteiger partial charge in [-0.1, -0.05) is 41.9 Å². The lowest BCUT2D eigenvalue weighted by Crippen LogP contribution is -2.30. The van der Waals surface area contributed by atoms with Gasteiger partial charge < -0.3 is 4.74 Å². The Morgan fingerprint density at radius 2 is 1.73 bits per heavy atom. The van der Waals surface area contributed by atoms with Crippen molar-refractivity contribution in [2.75, 3.05) is 0 Å². The minimum absolute atomic E-state index is 0.302. The van der Waals surface area contributed by atoms with Crippen molar-refractivity contribution in [2.24, 2.45) is 5.10 Å². The van der Waals surface area contributed by atoms with E-state index in [1.165, 1.54) is 4.68 Å². The Hall–Kier alpha value is -3.32. The van der Waals surface area contributed by atoms with Crippen molar-refractivity contribution in [2.45, 2.75) is 33.3 Å². The van der Waals surface area contributed by atoms with Crippen LogP contribution >= 0.6 is 11.6 Å². The average molecular weight is 427 g/mol. The topological polar surface area (TPSA) is 88.5 Å². The van der Waals surface area contributed by atoms with Crippen molar-refractivity contribution in [1.29, 1.82) is 0 Å². The van der Waals surface area contributed by atoms with Crippen molar-refractivity contribution in [3.05, 3.63) is 75.5 Å². The van der Waals surface area contributed by atoms with E-state index in [4.69, 9.17) is 16.3 Å². The Kier molecular flexibility index (Phi) is 6.12. The summed E-state index contributed by atoms with van der Waals surface area (Å²) in [7, 11) is 0. The molecule has 0 spiro atoms. The molecule has 0 aliphatic heterocycles. The number of aromatic nitrogens is 2. The molecule has 8 heteroatoms. The molecule has 1 amide bonds. The normalized spacial score (nSPS) is 12.0. The monoisotopic (exact) mass is 426 g/mol. The molecule has 0 aliphatic carbocycles. The van der Waals surface area contributed by atoms with E-state index in [-0.39, 0.29) is 5.56 Å². The maximum Gasteiger partial charge on any atom is 0.428 e. The molecule has 30 heavy (non-hydrogen) atoms. The van der Waals surface area contributed by atoms with Crippen molar-refractivity contribution in [1.82, 2.24) is 15.2 Å². The Bertz CT molecular complexity index is 1120. The molecule has 0 radical (unpaired) electrons. The van der Waals surface area contributed by atoms with Crippen molar-refractivity contribution >= 4 is 23.4 Å². The van der Waals surface area contributed by atoms with Crippen LogP contribution in [0.1, 0.15) is 33.3 Å². The fraction of sp³-hybridized carbons (Fsp3) is 0.227. The van der Waals surface area contributed by atoms with Gasteiger partial charge in [0.15, 0.2) is 0 Å². The summed E-state index contributed by atoms with van der Waals surface area (Å²) in [5, 5.41) is 7.80. The van der Waals surface area contributed by atoms with Gasteiger partial charge in [-0.15, -0.1) is 0 Å². The first-order valence-corrected chi connectivity index (χ1v) is 9.73. The van der Waals surface area contributed by atoms with Gasteiger partial charge in [0.25, 0.3) is 5.56 Å². The van der Waals surface area contributed by atoms with Crippen LogP contribution in [0.25, 0.3) is 16.9 Å². The number of nitrogens with zero attached hydrogens (tertiary/aromatic N) is 2. The van der Waals surface area contributed by atoms with E-state index in [0.717, 1.165) is 5.56 Å². The van der Waals surface area contributed by atoms with Crippen LogP contribution in [0.4, 0.5) is 4.79 Å². The first-order valence-electron chi connectivity index (χ1n) is 9.36. The fourth-order valence-electron chi connectivity index (χ4n) is 2.84. The van der Waals surface area contributed by atoms with E-state index in [9.17, 15) is 9.59 Å². The molecule has 0 saturated heterocycles. The minimum atomic E-state index is -0.698. The number of rotatable bonds is 4. The number of ether oxygens (including phenoxy) is 1. The molecule has 2 aromatic carbocycles. The summed E-state index contributed by atoms with van der Waals surface area (Å²) in [5.74, 6) is 0. The van der Waals surface area contributed by atoms with Crippen LogP contribution in [-0.4, -0.2) is 27.2 Å². The number of H-pyrrole nitrogens is 1. The Balaban J connectivity index is 2.06.